The molecule has 0 spiro atoms. The van der Waals surface area contributed by atoms with E-state index in [1.165, 1.54) is 18.2 Å². The van der Waals surface area contributed by atoms with Crippen LogP contribution in [0.15, 0.2) is 48.5 Å². The first kappa shape index (κ1) is 19.5. The summed E-state index contributed by atoms with van der Waals surface area (Å²) in [5.41, 5.74) is -5.41. The summed E-state index contributed by atoms with van der Waals surface area (Å²) in [7, 11) is -6.01. The molecular formula is C20H8F5NO4S. The van der Waals surface area contributed by atoms with Gasteiger partial charge in [0, 0.05) is 23.1 Å². The standard InChI is InChI=1S/C20H8F5NO4S/c21-9-4-5-15-12(6-9)19-18-11(2-1-3-16(18)29-15)17-13(22)7-10(8-14(17)26-19)30-31(27,28)20(23,24)25/h1-8H. The van der Waals surface area contributed by atoms with Crippen LogP contribution in [0.3, 0.4) is 0 Å². The van der Waals surface area contributed by atoms with Crippen molar-refractivity contribution in [3.8, 4) is 28.5 Å². The number of halogens is 5. The Labute approximate surface area is 170 Å². The molecule has 5 rings (SSSR count). The van der Waals surface area contributed by atoms with Crippen molar-refractivity contribution in [2.75, 3.05) is 0 Å². The minimum Gasteiger partial charge on any atom is -0.456 e. The van der Waals surface area contributed by atoms with Gasteiger partial charge in [0.25, 0.3) is 0 Å². The Morgan fingerprint density at radius 2 is 1.71 bits per heavy atom. The second kappa shape index (κ2) is 6.27. The molecule has 0 radical (unpaired) electrons. The number of hydrogen-bond donors (Lipinski definition) is 0. The fourth-order valence-corrected chi connectivity index (χ4v) is 3.92. The number of pyridine rings is 1. The number of ether oxygens (including phenoxy) is 1. The van der Waals surface area contributed by atoms with E-state index in [0.29, 0.717) is 22.6 Å². The van der Waals surface area contributed by atoms with Gasteiger partial charge >= 0.3 is 15.6 Å². The summed E-state index contributed by atoms with van der Waals surface area (Å²) in [6.07, 6.45) is 0. The molecule has 1 aliphatic rings. The van der Waals surface area contributed by atoms with Crippen molar-refractivity contribution in [1.82, 2.24) is 4.98 Å². The highest BCUT2D eigenvalue weighted by Crippen LogP contribution is 2.48. The van der Waals surface area contributed by atoms with Gasteiger partial charge in [0.2, 0.25) is 0 Å². The highest BCUT2D eigenvalue weighted by molar-refractivity contribution is 7.88. The van der Waals surface area contributed by atoms with Crippen LogP contribution in [0, 0.1) is 11.6 Å². The van der Waals surface area contributed by atoms with E-state index in [4.69, 9.17) is 4.74 Å². The third kappa shape index (κ3) is 2.95. The van der Waals surface area contributed by atoms with Gasteiger partial charge in [-0.2, -0.15) is 21.6 Å². The van der Waals surface area contributed by atoms with Gasteiger partial charge < -0.3 is 8.92 Å². The molecule has 0 fully saturated rings. The number of hydrogen-bond acceptors (Lipinski definition) is 5. The quantitative estimate of drug-likeness (QED) is 0.149. The second-order valence-corrected chi connectivity index (χ2v) is 8.20. The zero-order valence-electron chi connectivity index (χ0n) is 15.0. The SMILES string of the molecule is O=S(=O)(Oc1cc(F)c2c(c1)nc1c3c(cccc32)Oc2ccc(F)cc2-1)C(F)(F)F. The Hall–Kier alpha value is -3.47. The Morgan fingerprint density at radius 3 is 2.45 bits per heavy atom. The Morgan fingerprint density at radius 1 is 0.935 bits per heavy atom. The molecule has 0 saturated carbocycles. The van der Waals surface area contributed by atoms with Crippen LogP contribution in [-0.2, 0) is 10.1 Å². The van der Waals surface area contributed by atoms with Crippen LogP contribution < -0.4 is 8.92 Å². The predicted molar refractivity (Wildman–Crippen MR) is 100 cm³/mol. The van der Waals surface area contributed by atoms with E-state index in [1.54, 1.807) is 12.1 Å². The number of aromatic nitrogens is 1. The van der Waals surface area contributed by atoms with Gasteiger partial charge in [-0.3, -0.25) is 0 Å². The van der Waals surface area contributed by atoms with Crippen LogP contribution in [0.1, 0.15) is 0 Å². The van der Waals surface area contributed by atoms with Gasteiger partial charge in [0.1, 0.15) is 28.9 Å². The summed E-state index contributed by atoms with van der Waals surface area (Å²) >= 11 is 0. The minimum absolute atomic E-state index is 0.0826. The number of fused-ring (bicyclic) bond motifs is 4. The molecule has 1 aromatic heterocycles. The van der Waals surface area contributed by atoms with E-state index >= 15 is 0 Å². The summed E-state index contributed by atoms with van der Waals surface area (Å²) in [6, 6.07) is 9.84. The summed E-state index contributed by atoms with van der Waals surface area (Å²) in [5.74, 6) is -1.92. The Kier molecular flexibility index (Phi) is 3.94. The zero-order valence-corrected chi connectivity index (χ0v) is 15.8. The number of nitrogens with zero attached hydrogens (tertiary/aromatic N) is 1. The van der Waals surface area contributed by atoms with Gasteiger partial charge in [-0.15, -0.1) is 0 Å². The van der Waals surface area contributed by atoms with Gasteiger partial charge in [-0.25, -0.2) is 13.8 Å². The van der Waals surface area contributed by atoms with Crippen molar-refractivity contribution in [3.05, 3.63) is 60.2 Å². The van der Waals surface area contributed by atoms with Gasteiger partial charge in [0.15, 0.2) is 0 Å². The van der Waals surface area contributed by atoms with Crippen LogP contribution in [0.25, 0.3) is 32.9 Å². The molecule has 0 unspecified atom stereocenters. The lowest BCUT2D eigenvalue weighted by molar-refractivity contribution is -0.0500. The maximum absolute atomic E-state index is 14.9. The first-order valence-electron chi connectivity index (χ1n) is 8.60. The van der Waals surface area contributed by atoms with Crippen LogP contribution in [0.2, 0.25) is 0 Å². The van der Waals surface area contributed by atoms with E-state index in [2.05, 4.69) is 9.17 Å². The molecule has 3 aromatic carbocycles. The van der Waals surface area contributed by atoms with Gasteiger partial charge in [-0.05, 0) is 29.7 Å². The van der Waals surface area contributed by atoms with E-state index in [-0.39, 0.29) is 27.9 Å². The molecule has 0 N–H and O–H groups in total. The topological polar surface area (TPSA) is 65.5 Å². The molecule has 158 valence electrons. The molecule has 4 aromatic rings. The molecule has 0 amide bonds. The minimum atomic E-state index is -6.01. The van der Waals surface area contributed by atoms with Crippen LogP contribution in [0.4, 0.5) is 22.0 Å². The highest BCUT2D eigenvalue weighted by atomic mass is 32.2. The molecule has 0 aliphatic carbocycles. The molecular weight excluding hydrogens is 445 g/mol. The number of benzene rings is 3. The zero-order chi connectivity index (χ0) is 22.1. The van der Waals surface area contributed by atoms with E-state index in [1.807, 2.05) is 0 Å². The number of rotatable bonds is 2. The molecule has 2 heterocycles. The maximum Gasteiger partial charge on any atom is 0.534 e. The van der Waals surface area contributed by atoms with Gasteiger partial charge in [0.05, 0.1) is 16.6 Å². The fourth-order valence-electron chi connectivity index (χ4n) is 3.48. The molecule has 11 heteroatoms. The molecule has 0 bridgehead atoms. The van der Waals surface area contributed by atoms with Crippen molar-refractivity contribution in [2.45, 2.75) is 5.51 Å². The van der Waals surface area contributed by atoms with E-state index < -0.39 is 33.0 Å². The summed E-state index contributed by atoms with van der Waals surface area (Å²) in [5, 5.41) is 0.597. The normalized spacial score (nSPS) is 13.2. The van der Waals surface area contributed by atoms with Gasteiger partial charge in [-0.1, -0.05) is 12.1 Å². The summed E-state index contributed by atoms with van der Waals surface area (Å²) in [4.78, 5) is 4.29. The maximum atomic E-state index is 14.9. The van der Waals surface area contributed by atoms with Crippen LogP contribution >= 0.6 is 0 Å². The Bertz CT molecular complexity index is 1520. The lowest BCUT2D eigenvalue weighted by Crippen LogP contribution is -2.28. The smallest absolute Gasteiger partial charge is 0.456 e. The summed E-state index contributed by atoms with van der Waals surface area (Å²) in [6.45, 7) is 0. The van der Waals surface area contributed by atoms with E-state index in [0.717, 1.165) is 12.1 Å². The van der Waals surface area contributed by atoms with Crippen LogP contribution in [0.5, 0.6) is 17.2 Å². The summed E-state index contributed by atoms with van der Waals surface area (Å²) < 4.78 is 99.1. The average molecular weight is 453 g/mol. The fraction of sp³-hybridized carbons (Fsp3) is 0.0500. The lowest BCUT2D eigenvalue weighted by atomic mass is 9.96. The van der Waals surface area contributed by atoms with Crippen LogP contribution in [-0.4, -0.2) is 18.9 Å². The lowest BCUT2D eigenvalue weighted by Gasteiger charge is -2.21. The molecule has 0 atom stereocenters. The third-order valence-electron chi connectivity index (χ3n) is 4.71. The monoisotopic (exact) mass is 453 g/mol. The third-order valence-corrected chi connectivity index (χ3v) is 5.69. The second-order valence-electron chi connectivity index (χ2n) is 6.66. The van der Waals surface area contributed by atoms with Crippen molar-refractivity contribution < 1.29 is 39.3 Å². The average Bonchev–Trinajstić information content (AvgIpc) is 2.67. The predicted octanol–water partition coefficient (Wildman–Crippen LogP) is 5.67. The van der Waals surface area contributed by atoms with Crippen molar-refractivity contribution >= 4 is 31.8 Å². The first-order chi connectivity index (χ1) is 14.5. The molecule has 5 nitrogen and oxygen atoms in total. The van der Waals surface area contributed by atoms with Crippen molar-refractivity contribution in [3.63, 3.8) is 0 Å². The van der Waals surface area contributed by atoms with Crippen molar-refractivity contribution in [1.29, 1.82) is 0 Å². The van der Waals surface area contributed by atoms with Crippen molar-refractivity contribution in [2.24, 2.45) is 0 Å². The highest BCUT2D eigenvalue weighted by Gasteiger charge is 2.48. The molecule has 1 aliphatic heterocycles. The number of alkyl halides is 3. The first-order valence-corrected chi connectivity index (χ1v) is 10.0. The molecule has 31 heavy (non-hydrogen) atoms. The Balaban J connectivity index is 1.82. The molecule has 0 saturated heterocycles. The largest absolute Gasteiger partial charge is 0.534 e. The van der Waals surface area contributed by atoms with E-state index in [9.17, 15) is 30.4 Å².